The van der Waals surface area contributed by atoms with Gasteiger partial charge in [0.2, 0.25) is 23.8 Å². The van der Waals surface area contributed by atoms with Crippen LogP contribution in [0, 0.1) is 0 Å². The van der Waals surface area contributed by atoms with Crippen LogP contribution in [-0.2, 0) is 44.6 Å². The standard InChI is InChI=1S/4C20H24F2N4O2/c4*21-19(22)16-13-25(9-10-28-16)17-12-18(27)24-20(23-17)26-8-4-7-15(26)11-14-5-2-1-3-6-14/h4*1-3,5-6,12,15-16,19H,4,7-11,13H2,(H,23,24,27)/t2*15-,16+;2*15-,16-/m1010/s1. The number of nitrogens with one attached hydrogen (secondary N) is 4. The number of halogens is 8. The van der Waals surface area contributed by atoms with Crippen molar-refractivity contribution in [2.45, 2.75) is 151 Å². The zero-order chi connectivity index (χ0) is 78.0. The molecule has 8 aliphatic heterocycles. The van der Waals surface area contributed by atoms with Crippen molar-refractivity contribution in [3.05, 3.63) is 209 Å². The van der Waals surface area contributed by atoms with Gasteiger partial charge in [-0.15, -0.1) is 0 Å². The van der Waals surface area contributed by atoms with Crippen molar-refractivity contribution >= 4 is 47.1 Å². The van der Waals surface area contributed by atoms with Crippen molar-refractivity contribution in [2.75, 3.05) is 144 Å². The maximum Gasteiger partial charge on any atom is 0.266 e. The van der Waals surface area contributed by atoms with Crippen LogP contribution in [0.4, 0.5) is 82.2 Å². The van der Waals surface area contributed by atoms with E-state index in [1.165, 1.54) is 46.5 Å². The van der Waals surface area contributed by atoms with Gasteiger partial charge in [-0.2, -0.15) is 19.9 Å². The molecule has 600 valence electrons. The van der Waals surface area contributed by atoms with E-state index in [4.69, 9.17) is 18.9 Å². The van der Waals surface area contributed by atoms with E-state index < -0.39 is 50.1 Å². The highest BCUT2D eigenvalue weighted by molar-refractivity contribution is 5.50. The monoisotopic (exact) mass is 1560 g/mol. The topological polar surface area (TPSA) is 246 Å². The molecule has 0 bridgehead atoms. The number of ether oxygens (including phenoxy) is 4. The van der Waals surface area contributed by atoms with Crippen molar-refractivity contribution in [2.24, 2.45) is 0 Å². The summed E-state index contributed by atoms with van der Waals surface area (Å²) in [5.74, 6) is 3.77. The molecule has 8 fully saturated rings. The number of hydrogen-bond acceptors (Lipinski definition) is 20. The number of benzene rings is 4. The number of hydrogen-bond donors (Lipinski definition) is 4. The van der Waals surface area contributed by atoms with Crippen molar-refractivity contribution in [3.63, 3.8) is 0 Å². The van der Waals surface area contributed by atoms with Crippen LogP contribution >= 0.6 is 0 Å². The second kappa shape index (κ2) is 38.5. The van der Waals surface area contributed by atoms with Crippen molar-refractivity contribution in [1.82, 2.24) is 39.9 Å². The van der Waals surface area contributed by atoms with Gasteiger partial charge >= 0.3 is 0 Å². The van der Waals surface area contributed by atoms with E-state index in [2.05, 4.69) is 108 Å². The van der Waals surface area contributed by atoms with Gasteiger partial charge in [0.05, 0.1) is 52.6 Å². The van der Waals surface area contributed by atoms with Gasteiger partial charge in [-0.25, -0.2) is 35.1 Å². The molecule has 0 aliphatic carbocycles. The van der Waals surface area contributed by atoms with E-state index in [1.807, 2.05) is 72.8 Å². The predicted molar refractivity (Wildman–Crippen MR) is 413 cm³/mol. The second-order valence-electron chi connectivity index (χ2n) is 29.2. The quantitative estimate of drug-likeness (QED) is 0.0519. The molecule has 0 radical (unpaired) electrons. The highest BCUT2D eigenvalue weighted by Gasteiger charge is 2.37. The third kappa shape index (κ3) is 21.4. The summed E-state index contributed by atoms with van der Waals surface area (Å²) in [5.41, 5.74) is 3.88. The SMILES string of the molecule is O=c1cc(N2CCO[C@@H](C(F)F)C2)nc(N2CCC[C@@H]2Cc2ccccc2)[nH]1.O=c1cc(N2CCO[C@@H](C(F)F)C2)nc(N2CCC[C@H]2Cc2ccccc2)[nH]1.O=c1cc(N2CCO[C@H](C(F)F)C2)nc(N2CCC[C@@H]2Cc2ccccc2)[nH]1.O=c1cc(N2CCO[C@H](C(F)F)C2)nc(N2CCC[C@H]2Cc2ccccc2)[nH]1. The molecule has 8 aromatic rings. The first-order valence-corrected chi connectivity index (χ1v) is 38.7. The molecule has 112 heavy (non-hydrogen) atoms. The Morgan fingerprint density at radius 3 is 0.714 bits per heavy atom. The van der Waals surface area contributed by atoms with Crippen LogP contribution in [0.15, 0.2) is 165 Å². The molecule has 8 aliphatic rings. The highest BCUT2D eigenvalue weighted by Crippen LogP contribution is 2.33. The van der Waals surface area contributed by atoms with E-state index in [1.54, 1.807) is 19.6 Å². The molecule has 8 saturated heterocycles. The largest absolute Gasteiger partial charge is 0.369 e. The Bertz CT molecular complexity index is 3950. The molecule has 4 aromatic heterocycles. The highest BCUT2D eigenvalue weighted by atomic mass is 19.3. The summed E-state index contributed by atoms with van der Waals surface area (Å²) < 4.78 is 125. The first-order valence-electron chi connectivity index (χ1n) is 38.7. The fourth-order valence-corrected chi connectivity index (χ4v) is 15.9. The van der Waals surface area contributed by atoms with Gasteiger partial charge in [0.25, 0.3) is 47.9 Å². The van der Waals surface area contributed by atoms with Gasteiger partial charge in [0, 0.05) is 101 Å². The molecule has 0 spiro atoms. The average molecular weight is 1560 g/mol. The number of alkyl halides is 8. The number of H-pyrrole nitrogens is 4. The van der Waals surface area contributed by atoms with E-state index in [-0.39, 0.29) is 99.0 Å². The first-order chi connectivity index (χ1) is 54.4. The summed E-state index contributed by atoms with van der Waals surface area (Å²) in [6.45, 7) is 5.89. The molecule has 4 N–H and O–H groups in total. The Hall–Kier alpha value is -9.92. The van der Waals surface area contributed by atoms with Crippen LogP contribution in [0.3, 0.4) is 0 Å². The third-order valence-electron chi connectivity index (χ3n) is 21.5. The summed E-state index contributed by atoms with van der Waals surface area (Å²) in [4.78, 5) is 94.2. The average Bonchev–Trinajstić information content (AvgIpc) is 1.55. The summed E-state index contributed by atoms with van der Waals surface area (Å²) in [7, 11) is 0. The third-order valence-corrected chi connectivity index (χ3v) is 21.5. The van der Waals surface area contributed by atoms with Crippen molar-refractivity contribution in [1.29, 1.82) is 0 Å². The lowest BCUT2D eigenvalue weighted by Gasteiger charge is -2.34. The zero-order valence-corrected chi connectivity index (χ0v) is 62.2. The number of aromatic amines is 4. The van der Waals surface area contributed by atoms with Crippen LogP contribution in [0.2, 0.25) is 0 Å². The second-order valence-corrected chi connectivity index (χ2v) is 29.2. The number of nitrogens with zero attached hydrogens (tertiary/aromatic N) is 12. The Morgan fingerprint density at radius 2 is 0.518 bits per heavy atom. The first kappa shape index (κ1) is 80.1. The summed E-state index contributed by atoms with van der Waals surface area (Å²) in [6, 6.07) is 47.4. The zero-order valence-electron chi connectivity index (χ0n) is 62.2. The fraction of sp³-hybridized carbons (Fsp3) is 0.500. The Kier molecular flexibility index (Phi) is 27.6. The van der Waals surface area contributed by atoms with Gasteiger partial charge < -0.3 is 58.1 Å². The lowest BCUT2D eigenvalue weighted by atomic mass is 10.0. The van der Waals surface area contributed by atoms with E-state index >= 15 is 0 Å². The minimum atomic E-state index is -2.56. The number of morpholine rings is 4. The molecule has 24 nitrogen and oxygen atoms in total. The fourth-order valence-electron chi connectivity index (χ4n) is 15.9. The predicted octanol–water partition coefficient (Wildman–Crippen LogP) is 9.81. The lowest BCUT2D eigenvalue weighted by molar-refractivity contribution is -0.0616. The Labute approximate surface area is 643 Å². The normalized spacial score (nSPS) is 22.8. The van der Waals surface area contributed by atoms with E-state index in [0.717, 1.165) is 103 Å². The molecule has 16 rings (SSSR count). The molecule has 8 atom stereocenters. The van der Waals surface area contributed by atoms with E-state index in [0.29, 0.717) is 73.2 Å². The smallest absolute Gasteiger partial charge is 0.266 e. The summed E-state index contributed by atoms with van der Waals surface area (Å²) in [6.07, 6.45) is -3.17. The van der Waals surface area contributed by atoms with Crippen molar-refractivity contribution < 1.29 is 54.1 Å². The van der Waals surface area contributed by atoms with Crippen LogP contribution in [0.1, 0.15) is 73.6 Å². The van der Waals surface area contributed by atoms with Crippen LogP contribution in [0.5, 0.6) is 0 Å². The molecule has 0 amide bonds. The maximum absolute atomic E-state index is 13.0. The molecule has 12 heterocycles. The molecular weight excluding hydrogens is 1460 g/mol. The van der Waals surface area contributed by atoms with Gasteiger partial charge in [-0.3, -0.25) is 39.1 Å². The summed E-state index contributed by atoms with van der Waals surface area (Å²) >= 11 is 0. The Morgan fingerprint density at radius 1 is 0.312 bits per heavy atom. The molecular formula is C80H96F8N16O8. The molecule has 4 aromatic carbocycles. The summed E-state index contributed by atoms with van der Waals surface area (Å²) in [5, 5.41) is 0. The van der Waals surface area contributed by atoms with Gasteiger partial charge in [0.15, 0.2) is 0 Å². The maximum atomic E-state index is 13.0. The molecule has 32 heteroatoms. The number of aromatic nitrogens is 8. The van der Waals surface area contributed by atoms with Gasteiger partial charge in [0.1, 0.15) is 47.7 Å². The number of anilines is 8. The molecule has 0 saturated carbocycles. The lowest BCUT2D eigenvalue weighted by Crippen LogP contribution is -2.46. The van der Waals surface area contributed by atoms with Crippen molar-refractivity contribution in [3.8, 4) is 0 Å². The van der Waals surface area contributed by atoms with Crippen LogP contribution < -0.4 is 61.4 Å². The minimum absolute atomic E-state index is 0.0288. The Balaban J connectivity index is 0.000000131. The van der Waals surface area contributed by atoms with Gasteiger partial charge in [-0.1, -0.05) is 121 Å². The molecule has 0 unspecified atom stereocenters. The van der Waals surface area contributed by atoms with Gasteiger partial charge in [-0.05, 0) is 99.3 Å². The van der Waals surface area contributed by atoms with E-state index in [9.17, 15) is 54.3 Å². The minimum Gasteiger partial charge on any atom is -0.369 e. The number of rotatable bonds is 20. The van der Waals surface area contributed by atoms with Crippen LogP contribution in [0.25, 0.3) is 0 Å². The van der Waals surface area contributed by atoms with Crippen LogP contribution in [-0.4, -0.2) is 219 Å².